The molecule has 0 spiro atoms. The Hall–Kier alpha value is -1.51. The molecule has 0 saturated carbocycles. The molecule has 312 valence electrons. The molecule has 53 heavy (non-hydrogen) atoms. The summed E-state index contributed by atoms with van der Waals surface area (Å²) in [5, 5.41) is 12.7. The van der Waals surface area contributed by atoms with Gasteiger partial charge in [-0.25, -0.2) is 4.57 Å². The molecule has 0 radical (unpaired) electrons. The summed E-state index contributed by atoms with van der Waals surface area (Å²) >= 11 is 0. The average molecular weight is 772 g/mol. The van der Waals surface area contributed by atoms with Crippen LogP contribution < -0.4 is 5.32 Å². The van der Waals surface area contributed by atoms with Crippen LogP contribution in [0.5, 0.6) is 0 Å². The number of unbranched alkanes of at least 4 members (excludes halogenated alkanes) is 24. The molecule has 2 atom stereocenters. The van der Waals surface area contributed by atoms with Gasteiger partial charge in [-0.1, -0.05) is 160 Å². The number of aliphatic hydroxyl groups is 1. The number of carbonyl (C=O) groups is 2. The van der Waals surface area contributed by atoms with E-state index in [1.807, 2.05) is 0 Å². The zero-order valence-electron chi connectivity index (χ0n) is 34.2. The maximum atomic E-state index is 12.1. The van der Waals surface area contributed by atoms with Crippen molar-refractivity contribution in [2.75, 3.05) is 26.4 Å². The van der Waals surface area contributed by atoms with Crippen LogP contribution in [0, 0.1) is 0 Å². The molecule has 1 amide bonds. The van der Waals surface area contributed by atoms with E-state index < -0.39 is 26.5 Å². The Labute approximate surface area is 325 Å². The van der Waals surface area contributed by atoms with Gasteiger partial charge in [-0.05, 0) is 57.8 Å². The molecule has 0 aromatic rings. The smallest absolute Gasteiger partial charge is 0.463 e. The number of rotatable bonds is 41. The third-order valence-electron chi connectivity index (χ3n) is 9.35. The number of esters is 1. The Balaban J connectivity index is 3.56. The van der Waals surface area contributed by atoms with Gasteiger partial charge in [0.2, 0.25) is 5.91 Å². The van der Waals surface area contributed by atoms with Gasteiger partial charge in [0, 0.05) is 19.4 Å². The summed E-state index contributed by atoms with van der Waals surface area (Å²) < 4.78 is 26.8. The molecule has 3 N–H and O–H groups in total. The zero-order valence-corrected chi connectivity index (χ0v) is 35.1. The van der Waals surface area contributed by atoms with E-state index >= 15 is 0 Å². The third kappa shape index (κ3) is 41.5. The normalized spacial score (nSPS) is 13.5. The van der Waals surface area contributed by atoms with Crippen LogP contribution in [0.2, 0.25) is 0 Å². The first-order valence-electron chi connectivity index (χ1n) is 21.8. The number of aliphatic hydroxyl groups excluding tert-OH is 1. The minimum Gasteiger partial charge on any atom is -0.463 e. The minimum absolute atomic E-state index is 0.0785. The lowest BCUT2D eigenvalue weighted by atomic mass is 10.0. The summed E-state index contributed by atoms with van der Waals surface area (Å²) in [6.07, 6.45) is 42.6. The molecule has 0 aromatic heterocycles. The average Bonchev–Trinajstić information content (AvgIpc) is 3.14. The van der Waals surface area contributed by atoms with Crippen molar-refractivity contribution in [3.05, 3.63) is 24.3 Å². The molecule has 0 aromatic carbocycles. The van der Waals surface area contributed by atoms with Crippen LogP contribution in [0.15, 0.2) is 24.3 Å². The molecular formula is C43H82NO8P. The number of nitrogens with one attached hydrogen (secondary N) is 1. The van der Waals surface area contributed by atoms with Gasteiger partial charge in [0.1, 0.15) is 12.7 Å². The summed E-state index contributed by atoms with van der Waals surface area (Å²) in [7, 11) is -4.41. The number of hydrogen-bond donors (Lipinski definition) is 3. The lowest BCUT2D eigenvalue weighted by Crippen LogP contribution is -2.27. The SMILES string of the molecule is CCCC/C=C\CCCCCCCC(=O)NCCOP(=O)(O)OCC(O)COC(=O)CCCCCCCCCCCCC/C=C/CCCCCCCC. The van der Waals surface area contributed by atoms with Crippen LogP contribution in [0.3, 0.4) is 0 Å². The van der Waals surface area contributed by atoms with Crippen molar-refractivity contribution in [3.63, 3.8) is 0 Å². The van der Waals surface area contributed by atoms with Gasteiger partial charge in [0.25, 0.3) is 0 Å². The maximum absolute atomic E-state index is 12.1. The number of phosphoric ester groups is 1. The van der Waals surface area contributed by atoms with Crippen molar-refractivity contribution < 1.29 is 37.9 Å². The monoisotopic (exact) mass is 772 g/mol. The topological polar surface area (TPSA) is 131 Å². The first kappa shape index (κ1) is 51.5. The van der Waals surface area contributed by atoms with Crippen LogP contribution in [0.25, 0.3) is 0 Å². The van der Waals surface area contributed by atoms with Gasteiger partial charge in [-0.2, -0.15) is 0 Å². The van der Waals surface area contributed by atoms with Gasteiger partial charge in [0.05, 0.1) is 13.2 Å². The van der Waals surface area contributed by atoms with E-state index in [4.69, 9.17) is 13.8 Å². The van der Waals surface area contributed by atoms with Crippen LogP contribution >= 0.6 is 7.82 Å². The van der Waals surface area contributed by atoms with E-state index in [-0.39, 0.29) is 32.1 Å². The first-order chi connectivity index (χ1) is 25.8. The second-order valence-electron chi connectivity index (χ2n) is 14.7. The molecule has 2 unspecified atom stereocenters. The van der Waals surface area contributed by atoms with Crippen molar-refractivity contribution >= 4 is 19.7 Å². The number of amides is 1. The Bertz CT molecular complexity index is 928. The number of carbonyl (C=O) groups excluding carboxylic acids is 2. The minimum atomic E-state index is -4.41. The predicted octanol–water partition coefficient (Wildman–Crippen LogP) is 12.0. The van der Waals surface area contributed by atoms with E-state index in [0.717, 1.165) is 51.4 Å². The van der Waals surface area contributed by atoms with Gasteiger partial charge in [0.15, 0.2) is 0 Å². The molecule has 0 rings (SSSR count). The highest BCUT2D eigenvalue weighted by Gasteiger charge is 2.23. The van der Waals surface area contributed by atoms with Crippen molar-refractivity contribution in [2.24, 2.45) is 0 Å². The van der Waals surface area contributed by atoms with E-state index in [1.54, 1.807) is 0 Å². The van der Waals surface area contributed by atoms with Crippen LogP contribution in [0.4, 0.5) is 0 Å². The second-order valence-corrected chi connectivity index (χ2v) is 16.1. The van der Waals surface area contributed by atoms with E-state index in [2.05, 4.69) is 43.5 Å². The zero-order chi connectivity index (χ0) is 38.9. The maximum Gasteiger partial charge on any atom is 0.472 e. The molecule has 0 heterocycles. The number of ether oxygens (including phenoxy) is 1. The standard InChI is InChI=1S/C43H82NO8P/c1-3-5-7-9-11-13-15-16-17-18-19-20-21-22-23-24-26-28-30-32-34-36-43(47)50-39-41(45)40-52-53(48,49)51-38-37-44-42(46)35-33-31-29-27-25-14-12-10-8-6-4-2/h10,12,16-17,41,45H,3-9,11,13-15,18-40H2,1-2H3,(H,44,46)(H,48,49)/b12-10-,17-16+. The largest absolute Gasteiger partial charge is 0.472 e. The number of hydrogen-bond acceptors (Lipinski definition) is 7. The van der Waals surface area contributed by atoms with E-state index in [1.165, 1.54) is 128 Å². The third-order valence-corrected chi connectivity index (χ3v) is 10.3. The molecule has 0 bridgehead atoms. The molecule has 0 aliphatic rings. The Kier molecular flexibility index (Phi) is 39.0. The van der Waals surface area contributed by atoms with E-state index in [9.17, 15) is 24.2 Å². The summed E-state index contributed by atoms with van der Waals surface area (Å²) in [6, 6.07) is 0. The van der Waals surface area contributed by atoms with Crippen LogP contribution in [0.1, 0.15) is 206 Å². The van der Waals surface area contributed by atoms with Crippen LogP contribution in [-0.4, -0.2) is 54.3 Å². The fourth-order valence-electron chi connectivity index (χ4n) is 6.00. The summed E-state index contributed by atoms with van der Waals surface area (Å²) in [4.78, 5) is 33.8. The molecule has 0 aliphatic carbocycles. The molecule has 0 saturated heterocycles. The Morgan fingerprint density at radius 3 is 1.47 bits per heavy atom. The summed E-state index contributed by atoms with van der Waals surface area (Å²) in [6.45, 7) is 3.51. The highest BCUT2D eigenvalue weighted by Crippen LogP contribution is 2.42. The molecule has 10 heteroatoms. The first-order valence-corrected chi connectivity index (χ1v) is 23.3. The van der Waals surface area contributed by atoms with Crippen molar-refractivity contribution in [2.45, 2.75) is 213 Å². The Morgan fingerprint density at radius 1 is 0.566 bits per heavy atom. The van der Waals surface area contributed by atoms with Crippen molar-refractivity contribution in [3.8, 4) is 0 Å². The highest BCUT2D eigenvalue weighted by atomic mass is 31.2. The summed E-state index contributed by atoms with van der Waals surface area (Å²) in [5.41, 5.74) is 0. The second kappa shape index (κ2) is 40.2. The Morgan fingerprint density at radius 2 is 0.981 bits per heavy atom. The van der Waals surface area contributed by atoms with Crippen molar-refractivity contribution in [1.82, 2.24) is 5.32 Å². The van der Waals surface area contributed by atoms with Gasteiger partial charge in [-0.3, -0.25) is 18.6 Å². The summed E-state index contributed by atoms with van der Waals surface area (Å²) in [5.74, 6) is -0.524. The molecule has 0 aliphatic heterocycles. The fourth-order valence-corrected chi connectivity index (χ4v) is 6.76. The number of phosphoric acid groups is 1. The molecule has 0 fully saturated rings. The van der Waals surface area contributed by atoms with E-state index in [0.29, 0.717) is 6.42 Å². The predicted molar refractivity (Wildman–Crippen MR) is 220 cm³/mol. The van der Waals surface area contributed by atoms with Gasteiger partial charge >= 0.3 is 13.8 Å². The molecule has 9 nitrogen and oxygen atoms in total. The van der Waals surface area contributed by atoms with Gasteiger partial charge in [-0.15, -0.1) is 0 Å². The van der Waals surface area contributed by atoms with Crippen molar-refractivity contribution in [1.29, 1.82) is 0 Å². The number of allylic oxidation sites excluding steroid dienone is 4. The quantitative estimate of drug-likeness (QED) is 0.0242. The lowest BCUT2D eigenvalue weighted by molar-refractivity contribution is -0.147. The fraction of sp³-hybridized carbons (Fsp3) is 0.860. The van der Waals surface area contributed by atoms with Crippen LogP contribution in [-0.2, 0) is 27.9 Å². The van der Waals surface area contributed by atoms with Gasteiger partial charge < -0.3 is 20.1 Å². The lowest BCUT2D eigenvalue weighted by Gasteiger charge is -2.15. The molecular weight excluding hydrogens is 689 g/mol. The highest BCUT2D eigenvalue weighted by molar-refractivity contribution is 7.47.